The summed E-state index contributed by atoms with van der Waals surface area (Å²) in [5, 5.41) is 0. The second kappa shape index (κ2) is 5.17. The summed E-state index contributed by atoms with van der Waals surface area (Å²) in [7, 11) is 0. The molecular formula is C13H14F3N. The van der Waals surface area contributed by atoms with Crippen LogP contribution in [0.5, 0.6) is 0 Å². The smallest absolute Gasteiger partial charge is 0.261 e. The number of benzene rings is 1. The van der Waals surface area contributed by atoms with Crippen LogP contribution in [0.1, 0.15) is 31.9 Å². The van der Waals surface area contributed by atoms with Crippen LogP contribution in [0.4, 0.5) is 13.2 Å². The van der Waals surface area contributed by atoms with E-state index in [4.69, 9.17) is 0 Å². The monoisotopic (exact) mass is 241 g/mol. The third-order valence-corrected chi connectivity index (χ3v) is 2.15. The predicted octanol–water partition coefficient (Wildman–Crippen LogP) is 4.44. The molecule has 4 heteroatoms. The number of rotatable bonds is 2. The molecule has 0 radical (unpaired) electrons. The number of nitrogens with zero attached hydrogens (tertiary/aromatic N) is 1. The largest absolute Gasteiger partial charge is 0.416 e. The van der Waals surface area contributed by atoms with Crippen LogP contribution in [0.2, 0.25) is 0 Å². The molecule has 0 aliphatic carbocycles. The van der Waals surface area contributed by atoms with Crippen LogP contribution >= 0.6 is 0 Å². The zero-order chi connectivity index (χ0) is 13.1. The van der Waals surface area contributed by atoms with Crippen LogP contribution in [0.15, 0.2) is 41.0 Å². The molecule has 1 aromatic rings. The van der Waals surface area contributed by atoms with E-state index >= 15 is 0 Å². The van der Waals surface area contributed by atoms with Gasteiger partial charge in [0, 0.05) is 11.9 Å². The van der Waals surface area contributed by atoms with Gasteiger partial charge in [0.05, 0.1) is 5.56 Å². The van der Waals surface area contributed by atoms with Crippen LogP contribution in [-0.2, 0) is 6.18 Å². The van der Waals surface area contributed by atoms with Crippen molar-refractivity contribution in [2.75, 3.05) is 0 Å². The molecule has 0 aromatic heterocycles. The zero-order valence-electron chi connectivity index (χ0n) is 9.97. The van der Waals surface area contributed by atoms with E-state index in [-0.39, 0.29) is 0 Å². The van der Waals surface area contributed by atoms with E-state index in [9.17, 15) is 13.2 Å². The molecule has 1 nitrogen and oxygen atoms in total. The van der Waals surface area contributed by atoms with Crippen LogP contribution in [0.25, 0.3) is 0 Å². The molecule has 0 saturated carbocycles. The minimum absolute atomic E-state index is 0.642. The van der Waals surface area contributed by atoms with Gasteiger partial charge in [-0.15, -0.1) is 0 Å². The molecule has 0 unspecified atom stereocenters. The van der Waals surface area contributed by atoms with Crippen molar-refractivity contribution in [1.82, 2.24) is 0 Å². The van der Waals surface area contributed by atoms with Gasteiger partial charge in [-0.25, -0.2) is 0 Å². The van der Waals surface area contributed by atoms with Crippen LogP contribution in [0.3, 0.4) is 0 Å². The fourth-order valence-corrected chi connectivity index (χ4v) is 1.20. The fraction of sp³-hybridized carbons (Fsp3) is 0.308. The highest BCUT2D eigenvalue weighted by Gasteiger charge is 2.29. The second-order valence-electron chi connectivity index (χ2n) is 4.00. The van der Waals surface area contributed by atoms with E-state index in [0.29, 0.717) is 11.3 Å². The molecule has 17 heavy (non-hydrogen) atoms. The van der Waals surface area contributed by atoms with Crippen molar-refractivity contribution >= 4 is 5.71 Å². The van der Waals surface area contributed by atoms with Gasteiger partial charge in [-0.2, -0.15) is 13.2 Å². The Labute approximate surface area is 98.7 Å². The van der Waals surface area contributed by atoms with Crippen molar-refractivity contribution in [1.29, 1.82) is 0 Å². The van der Waals surface area contributed by atoms with Crippen LogP contribution in [0, 0.1) is 0 Å². The Hall–Kier alpha value is -1.58. The lowest BCUT2D eigenvalue weighted by Gasteiger charge is -2.07. The van der Waals surface area contributed by atoms with Gasteiger partial charge in [0.1, 0.15) is 0 Å². The Bertz CT molecular complexity index is 435. The lowest BCUT2D eigenvalue weighted by molar-refractivity contribution is -0.137. The molecular weight excluding hydrogens is 227 g/mol. The average Bonchev–Trinajstić information content (AvgIpc) is 2.25. The maximum absolute atomic E-state index is 12.3. The van der Waals surface area contributed by atoms with E-state index in [0.717, 1.165) is 17.7 Å². The Balaban J connectivity index is 2.96. The lowest BCUT2D eigenvalue weighted by Crippen LogP contribution is -2.05. The first-order valence-corrected chi connectivity index (χ1v) is 5.16. The molecule has 0 amide bonds. The molecule has 1 aromatic carbocycles. The summed E-state index contributed by atoms with van der Waals surface area (Å²) in [5.74, 6) is 0. The number of hydrogen-bond acceptors (Lipinski definition) is 1. The van der Waals surface area contributed by atoms with E-state index in [2.05, 4.69) is 4.99 Å². The summed E-state index contributed by atoms with van der Waals surface area (Å²) < 4.78 is 37.0. The summed E-state index contributed by atoms with van der Waals surface area (Å²) in [6, 6.07) is 4.99. The van der Waals surface area contributed by atoms with Gasteiger partial charge < -0.3 is 0 Å². The van der Waals surface area contributed by atoms with Gasteiger partial charge >= 0.3 is 6.18 Å². The lowest BCUT2D eigenvalue weighted by atomic mass is 10.1. The molecule has 0 spiro atoms. The van der Waals surface area contributed by atoms with E-state index in [1.807, 2.05) is 13.8 Å². The molecule has 0 N–H and O–H groups in total. The highest BCUT2D eigenvalue weighted by molar-refractivity contribution is 5.99. The summed E-state index contributed by atoms with van der Waals surface area (Å²) in [5.41, 5.74) is 1.78. The Morgan fingerprint density at radius 2 is 1.59 bits per heavy atom. The number of alkyl halides is 3. The molecule has 0 bridgehead atoms. The van der Waals surface area contributed by atoms with Crippen molar-refractivity contribution in [2.24, 2.45) is 4.99 Å². The normalized spacial score (nSPS) is 12.5. The van der Waals surface area contributed by atoms with E-state index in [1.54, 1.807) is 13.1 Å². The highest BCUT2D eigenvalue weighted by atomic mass is 19.4. The highest BCUT2D eigenvalue weighted by Crippen LogP contribution is 2.29. The van der Waals surface area contributed by atoms with E-state index < -0.39 is 11.7 Å². The molecule has 92 valence electrons. The van der Waals surface area contributed by atoms with Crippen molar-refractivity contribution in [2.45, 2.75) is 26.9 Å². The first-order chi connectivity index (χ1) is 7.80. The summed E-state index contributed by atoms with van der Waals surface area (Å²) in [6.07, 6.45) is -2.60. The van der Waals surface area contributed by atoms with Gasteiger partial charge in [0.15, 0.2) is 0 Å². The maximum Gasteiger partial charge on any atom is 0.416 e. The molecule has 0 aliphatic heterocycles. The van der Waals surface area contributed by atoms with Crippen molar-refractivity contribution in [3.63, 3.8) is 0 Å². The zero-order valence-corrected chi connectivity index (χ0v) is 9.97. The van der Waals surface area contributed by atoms with Gasteiger partial charge in [-0.1, -0.05) is 17.7 Å². The Morgan fingerprint density at radius 3 is 2.00 bits per heavy atom. The summed E-state index contributed by atoms with van der Waals surface area (Å²) in [6.45, 7) is 5.58. The maximum atomic E-state index is 12.3. The fourth-order valence-electron chi connectivity index (χ4n) is 1.20. The first-order valence-electron chi connectivity index (χ1n) is 5.16. The molecule has 0 atom stereocenters. The molecule has 0 fully saturated rings. The average molecular weight is 241 g/mol. The van der Waals surface area contributed by atoms with Crippen molar-refractivity contribution in [3.05, 3.63) is 47.2 Å². The first kappa shape index (κ1) is 13.5. The van der Waals surface area contributed by atoms with Crippen LogP contribution in [-0.4, -0.2) is 5.71 Å². The standard InChI is InChI=1S/C13H14F3N/c1-9(2)8-17-10(3)11-4-6-12(7-5-11)13(14,15)16/h4-8H,1-3H3. The molecule has 0 heterocycles. The summed E-state index contributed by atoms with van der Waals surface area (Å²) in [4.78, 5) is 4.16. The third kappa shape index (κ3) is 4.06. The number of allylic oxidation sites excluding steroid dienone is 1. The number of hydrogen-bond donors (Lipinski definition) is 0. The molecule has 1 rings (SSSR count). The van der Waals surface area contributed by atoms with Crippen molar-refractivity contribution < 1.29 is 13.2 Å². The Morgan fingerprint density at radius 1 is 1.06 bits per heavy atom. The minimum atomic E-state index is -4.29. The van der Waals surface area contributed by atoms with Gasteiger partial charge in [0.2, 0.25) is 0 Å². The topological polar surface area (TPSA) is 12.4 Å². The van der Waals surface area contributed by atoms with E-state index in [1.165, 1.54) is 12.1 Å². The quantitative estimate of drug-likeness (QED) is 0.679. The molecule has 0 aliphatic rings. The van der Waals surface area contributed by atoms with Gasteiger partial charge in [0.25, 0.3) is 0 Å². The van der Waals surface area contributed by atoms with Gasteiger partial charge in [-0.3, -0.25) is 4.99 Å². The third-order valence-electron chi connectivity index (χ3n) is 2.15. The van der Waals surface area contributed by atoms with Crippen LogP contribution < -0.4 is 0 Å². The van der Waals surface area contributed by atoms with Gasteiger partial charge in [-0.05, 0) is 38.5 Å². The molecule has 0 saturated heterocycles. The predicted molar refractivity (Wildman–Crippen MR) is 63.1 cm³/mol. The minimum Gasteiger partial charge on any atom is -0.261 e. The summed E-state index contributed by atoms with van der Waals surface area (Å²) >= 11 is 0. The second-order valence-corrected chi connectivity index (χ2v) is 4.00. The number of aliphatic imine (C=N–C) groups is 1. The van der Waals surface area contributed by atoms with Crippen molar-refractivity contribution in [3.8, 4) is 0 Å². The number of halogens is 3. The SMILES string of the molecule is CC(C)=CN=C(C)c1ccc(C(F)(F)F)cc1. The Kier molecular flexibility index (Phi) is 4.10.